The van der Waals surface area contributed by atoms with Crippen molar-refractivity contribution in [1.82, 2.24) is 9.13 Å². The van der Waals surface area contributed by atoms with Crippen LogP contribution in [0.25, 0.3) is 110 Å². The van der Waals surface area contributed by atoms with Gasteiger partial charge in [-0.05, 0) is 98.8 Å². The Morgan fingerprint density at radius 1 is 0.217 bits per heavy atom. The summed E-state index contributed by atoms with van der Waals surface area (Å²) in [5.41, 5.74) is 16.7. The Hall–Kier alpha value is -7.94. The predicted molar refractivity (Wildman–Crippen MR) is 254 cm³/mol. The number of nitrogens with zero attached hydrogens (tertiary/aromatic N) is 2. The lowest BCUT2D eigenvalue weighted by Crippen LogP contribution is -1.97. The second kappa shape index (κ2) is 13.9. The molecule has 2 nitrogen and oxygen atoms in total. The monoisotopic (exact) mass is 762 g/mol. The van der Waals surface area contributed by atoms with Gasteiger partial charge in [-0.1, -0.05) is 176 Å². The third kappa shape index (κ3) is 5.50. The summed E-state index contributed by atoms with van der Waals surface area (Å²) in [7, 11) is 0. The minimum absolute atomic E-state index is 1.16. The van der Waals surface area contributed by atoms with E-state index in [1.54, 1.807) is 0 Å². The van der Waals surface area contributed by atoms with Crippen molar-refractivity contribution in [2.45, 2.75) is 0 Å². The average Bonchev–Trinajstić information content (AvgIpc) is 3.83. The molecule has 0 bridgehead atoms. The molecule has 2 aromatic heterocycles. The summed E-state index contributed by atoms with van der Waals surface area (Å²) in [5.74, 6) is 0. The smallest absolute Gasteiger partial charge is 0.0547 e. The lowest BCUT2D eigenvalue weighted by Gasteiger charge is -2.15. The van der Waals surface area contributed by atoms with Crippen LogP contribution in [0, 0.1) is 0 Å². The molecular formula is C58H38N2. The molecule has 0 atom stereocenters. The molecule has 60 heavy (non-hydrogen) atoms. The van der Waals surface area contributed by atoms with Crippen LogP contribution in [-0.4, -0.2) is 9.13 Å². The Balaban J connectivity index is 1.01. The highest BCUT2D eigenvalue weighted by molar-refractivity contribution is 6.13. The van der Waals surface area contributed by atoms with E-state index in [1.165, 1.54) is 105 Å². The summed E-state index contributed by atoms with van der Waals surface area (Å²) in [6.07, 6.45) is 0. The molecule has 0 fully saturated rings. The van der Waals surface area contributed by atoms with E-state index >= 15 is 0 Å². The predicted octanol–water partition coefficient (Wildman–Crippen LogP) is 15.7. The van der Waals surface area contributed by atoms with Crippen LogP contribution < -0.4 is 0 Å². The van der Waals surface area contributed by atoms with E-state index in [1.807, 2.05) is 0 Å². The standard InChI is InChI=1S/C58H38N2/c1-2-16-40(17-3-1)47-21-6-10-25-53(47)60-55-27-12-8-23-49(55)51-33-31-45(38-58(51)60)44-32-34-57-52(37-44)50-24-9-13-28-56(50)59(57)54-26-11-7-22-48(54)46-20-14-19-42(36-46)43-30-29-39-15-4-5-18-41(39)35-43/h1-38H. The van der Waals surface area contributed by atoms with Crippen molar-refractivity contribution >= 4 is 54.4 Å². The summed E-state index contributed by atoms with van der Waals surface area (Å²) < 4.78 is 4.90. The van der Waals surface area contributed by atoms with Gasteiger partial charge < -0.3 is 9.13 Å². The van der Waals surface area contributed by atoms with Gasteiger partial charge in [-0.3, -0.25) is 0 Å². The van der Waals surface area contributed by atoms with Gasteiger partial charge in [-0.25, -0.2) is 0 Å². The van der Waals surface area contributed by atoms with Crippen LogP contribution >= 0.6 is 0 Å². The minimum atomic E-state index is 1.16. The highest BCUT2D eigenvalue weighted by Crippen LogP contribution is 2.41. The molecule has 0 spiro atoms. The fraction of sp³-hybridized carbons (Fsp3) is 0. The zero-order valence-corrected chi connectivity index (χ0v) is 32.8. The van der Waals surface area contributed by atoms with Crippen molar-refractivity contribution in [3.63, 3.8) is 0 Å². The number of benzene rings is 10. The molecule has 0 saturated heterocycles. The molecule has 0 N–H and O–H groups in total. The van der Waals surface area contributed by atoms with Crippen molar-refractivity contribution in [2.24, 2.45) is 0 Å². The number of rotatable bonds is 6. The normalized spacial score (nSPS) is 11.7. The van der Waals surface area contributed by atoms with Crippen molar-refractivity contribution < 1.29 is 0 Å². The zero-order chi connectivity index (χ0) is 39.6. The molecule has 0 aliphatic rings. The molecule has 0 amide bonds. The van der Waals surface area contributed by atoms with Crippen LogP contribution in [0.4, 0.5) is 0 Å². The van der Waals surface area contributed by atoms with Crippen LogP contribution in [0.5, 0.6) is 0 Å². The maximum absolute atomic E-state index is 2.45. The molecule has 2 heterocycles. The molecule has 12 aromatic rings. The van der Waals surface area contributed by atoms with Crippen molar-refractivity contribution in [2.75, 3.05) is 0 Å². The summed E-state index contributed by atoms with van der Waals surface area (Å²) in [6, 6.07) is 84.2. The molecule has 2 heteroatoms. The van der Waals surface area contributed by atoms with Gasteiger partial charge in [-0.15, -0.1) is 0 Å². The number of hydrogen-bond donors (Lipinski definition) is 0. The highest BCUT2D eigenvalue weighted by atomic mass is 15.0. The van der Waals surface area contributed by atoms with Crippen LogP contribution in [0.3, 0.4) is 0 Å². The number of para-hydroxylation sites is 4. The van der Waals surface area contributed by atoms with E-state index in [0.29, 0.717) is 0 Å². The fourth-order valence-corrected chi connectivity index (χ4v) is 9.50. The lowest BCUT2D eigenvalue weighted by atomic mass is 9.96. The van der Waals surface area contributed by atoms with Gasteiger partial charge in [0.15, 0.2) is 0 Å². The van der Waals surface area contributed by atoms with Crippen LogP contribution in [0.2, 0.25) is 0 Å². The molecule has 0 radical (unpaired) electrons. The van der Waals surface area contributed by atoms with E-state index < -0.39 is 0 Å². The first kappa shape index (κ1) is 34.1. The fourth-order valence-electron chi connectivity index (χ4n) is 9.50. The molecule has 0 aliphatic heterocycles. The number of aromatic nitrogens is 2. The molecule has 280 valence electrons. The van der Waals surface area contributed by atoms with E-state index in [9.17, 15) is 0 Å². The summed E-state index contributed by atoms with van der Waals surface area (Å²) in [6.45, 7) is 0. The Morgan fingerprint density at radius 3 is 1.48 bits per heavy atom. The van der Waals surface area contributed by atoms with Gasteiger partial charge in [0.2, 0.25) is 0 Å². The van der Waals surface area contributed by atoms with Crippen molar-refractivity contribution in [1.29, 1.82) is 0 Å². The second-order valence-electron chi connectivity index (χ2n) is 15.7. The van der Waals surface area contributed by atoms with Gasteiger partial charge in [-0.2, -0.15) is 0 Å². The topological polar surface area (TPSA) is 9.86 Å². The summed E-state index contributed by atoms with van der Waals surface area (Å²) in [4.78, 5) is 0. The average molecular weight is 763 g/mol. The van der Waals surface area contributed by atoms with E-state index in [2.05, 4.69) is 240 Å². The van der Waals surface area contributed by atoms with Gasteiger partial charge in [0.1, 0.15) is 0 Å². The van der Waals surface area contributed by atoms with Crippen LogP contribution in [0.1, 0.15) is 0 Å². The second-order valence-corrected chi connectivity index (χ2v) is 15.7. The Morgan fingerprint density at radius 2 is 0.700 bits per heavy atom. The van der Waals surface area contributed by atoms with Crippen LogP contribution in [0.15, 0.2) is 231 Å². The highest BCUT2D eigenvalue weighted by Gasteiger charge is 2.19. The molecular weight excluding hydrogens is 725 g/mol. The van der Waals surface area contributed by atoms with Gasteiger partial charge in [0.05, 0.1) is 33.4 Å². The maximum atomic E-state index is 2.45. The quantitative estimate of drug-likeness (QED) is 0.160. The van der Waals surface area contributed by atoms with Crippen LogP contribution in [-0.2, 0) is 0 Å². The molecule has 0 unspecified atom stereocenters. The van der Waals surface area contributed by atoms with Crippen molar-refractivity contribution in [3.05, 3.63) is 231 Å². The maximum Gasteiger partial charge on any atom is 0.0547 e. The Bertz CT molecular complexity index is 3600. The van der Waals surface area contributed by atoms with Crippen molar-refractivity contribution in [3.8, 4) is 55.9 Å². The summed E-state index contributed by atoms with van der Waals surface area (Å²) >= 11 is 0. The third-order valence-electron chi connectivity index (χ3n) is 12.3. The molecule has 0 aliphatic carbocycles. The summed E-state index contributed by atoms with van der Waals surface area (Å²) in [5, 5.41) is 7.48. The first-order valence-electron chi connectivity index (χ1n) is 20.7. The lowest BCUT2D eigenvalue weighted by molar-refractivity contribution is 1.18. The SMILES string of the molecule is c1ccc(-c2ccccc2-n2c3ccccc3c3ccc(-c4ccc5c(c4)c4ccccc4n5-c4ccccc4-c4cccc(-c5ccc6ccccc6c5)c4)cc32)cc1. The first-order valence-corrected chi connectivity index (χ1v) is 20.7. The van der Waals surface area contributed by atoms with E-state index in [4.69, 9.17) is 0 Å². The van der Waals surface area contributed by atoms with E-state index in [-0.39, 0.29) is 0 Å². The van der Waals surface area contributed by atoms with Gasteiger partial charge in [0, 0.05) is 32.7 Å². The molecule has 10 aromatic carbocycles. The molecule has 0 saturated carbocycles. The first-order chi connectivity index (χ1) is 29.8. The van der Waals surface area contributed by atoms with E-state index in [0.717, 1.165) is 5.69 Å². The van der Waals surface area contributed by atoms with Gasteiger partial charge in [0.25, 0.3) is 0 Å². The number of fused-ring (bicyclic) bond motifs is 7. The third-order valence-corrected chi connectivity index (χ3v) is 12.3. The molecule has 12 rings (SSSR count). The largest absolute Gasteiger partial charge is 0.309 e. The van der Waals surface area contributed by atoms with Gasteiger partial charge >= 0.3 is 0 Å². The number of hydrogen-bond acceptors (Lipinski definition) is 0. The Kier molecular flexibility index (Phi) is 7.89. The zero-order valence-electron chi connectivity index (χ0n) is 32.8. The minimum Gasteiger partial charge on any atom is -0.309 e. The Labute approximate surface area is 348 Å².